The zero-order chi connectivity index (χ0) is 14.1. The molecule has 3 rings (SSSR count). The standard InChI is InChI=1S/C16H17ClN2O/c1-11-5-6-14-12(9-11)10-13(15(17)20)16(18-14)19-7-3-2-4-8-19/h5-6,9-10H,2-4,7-8H2,1H3. The van der Waals surface area contributed by atoms with Gasteiger partial charge in [0, 0.05) is 18.5 Å². The number of carbonyl (C=O) groups is 1. The number of hydrogen-bond acceptors (Lipinski definition) is 3. The Labute approximate surface area is 123 Å². The van der Waals surface area contributed by atoms with Crippen molar-refractivity contribution in [3.8, 4) is 0 Å². The van der Waals surface area contributed by atoms with Crippen LogP contribution < -0.4 is 4.90 Å². The van der Waals surface area contributed by atoms with Crippen LogP contribution in [0.2, 0.25) is 0 Å². The fourth-order valence-electron chi connectivity index (χ4n) is 2.78. The second-order valence-electron chi connectivity index (χ2n) is 5.38. The van der Waals surface area contributed by atoms with Crippen LogP contribution in [0.3, 0.4) is 0 Å². The number of pyridine rings is 1. The summed E-state index contributed by atoms with van der Waals surface area (Å²) < 4.78 is 0. The van der Waals surface area contributed by atoms with E-state index in [1.54, 1.807) is 0 Å². The Morgan fingerprint density at radius 1 is 1.20 bits per heavy atom. The van der Waals surface area contributed by atoms with Gasteiger partial charge in [-0.15, -0.1) is 0 Å². The average Bonchev–Trinajstić information content (AvgIpc) is 2.46. The van der Waals surface area contributed by atoms with Gasteiger partial charge in [-0.05, 0) is 56.0 Å². The van der Waals surface area contributed by atoms with Gasteiger partial charge < -0.3 is 4.90 Å². The van der Waals surface area contributed by atoms with Gasteiger partial charge in [0.1, 0.15) is 5.82 Å². The summed E-state index contributed by atoms with van der Waals surface area (Å²) in [4.78, 5) is 18.6. The molecule has 0 spiro atoms. The van der Waals surface area contributed by atoms with Crippen LogP contribution in [0, 0.1) is 6.92 Å². The van der Waals surface area contributed by atoms with Crippen molar-refractivity contribution in [3.05, 3.63) is 35.4 Å². The Hall–Kier alpha value is -1.61. The topological polar surface area (TPSA) is 33.2 Å². The first-order chi connectivity index (χ1) is 9.65. The molecule has 0 bridgehead atoms. The van der Waals surface area contributed by atoms with Crippen LogP contribution >= 0.6 is 11.6 Å². The maximum Gasteiger partial charge on any atom is 0.256 e. The molecule has 104 valence electrons. The van der Waals surface area contributed by atoms with E-state index in [0.717, 1.165) is 48.2 Å². The highest BCUT2D eigenvalue weighted by atomic mass is 35.5. The molecule has 2 aromatic rings. The predicted molar refractivity (Wildman–Crippen MR) is 82.7 cm³/mol. The highest BCUT2D eigenvalue weighted by molar-refractivity contribution is 6.68. The molecule has 0 amide bonds. The quantitative estimate of drug-likeness (QED) is 0.786. The monoisotopic (exact) mass is 288 g/mol. The zero-order valence-electron chi connectivity index (χ0n) is 11.5. The highest BCUT2D eigenvalue weighted by Crippen LogP contribution is 2.27. The van der Waals surface area contributed by atoms with Crippen molar-refractivity contribution in [2.45, 2.75) is 26.2 Å². The molecule has 1 aromatic carbocycles. The number of fused-ring (bicyclic) bond motifs is 1. The number of halogens is 1. The first kappa shape index (κ1) is 13.4. The summed E-state index contributed by atoms with van der Waals surface area (Å²) in [6.45, 7) is 3.92. The van der Waals surface area contributed by atoms with Gasteiger partial charge in [0.2, 0.25) is 0 Å². The maximum atomic E-state index is 11.7. The Morgan fingerprint density at radius 3 is 2.65 bits per heavy atom. The minimum atomic E-state index is -0.429. The molecule has 0 saturated carbocycles. The molecule has 0 aliphatic carbocycles. The van der Waals surface area contributed by atoms with Crippen molar-refractivity contribution in [2.24, 2.45) is 0 Å². The molecule has 0 atom stereocenters. The van der Waals surface area contributed by atoms with E-state index in [9.17, 15) is 4.79 Å². The Kier molecular flexibility index (Phi) is 3.62. The largest absolute Gasteiger partial charge is 0.356 e. The number of piperidine rings is 1. The number of anilines is 1. The Balaban J connectivity index is 2.15. The van der Waals surface area contributed by atoms with Gasteiger partial charge in [-0.1, -0.05) is 11.6 Å². The summed E-state index contributed by atoms with van der Waals surface area (Å²) in [5.41, 5.74) is 2.59. The van der Waals surface area contributed by atoms with Gasteiger partial charge in [0.05, 0.1) is 11.1 Å². The number of aryl methyl sites for hydroxylation is 1. The molecule has 1 fully saturated rings. The molecule has 1 saturated heterocycles. The lowest BCUT2D eigenvalue weighted by molar-refractivity contribution is 0.108. The van der Waals surface area contributed by atoms with Gasteiger partial charge in [0.15, 0.2) is 0 Å². The van der Waals surface area contributed by atoms with Crippen molar-refractivity contribution in [1.29, 1.82) is 0 Å². The van der Waals surface area contributed by atoms with E-state index in [4.69, 9.17) is 11.6 Å². The number of hydrogen-bond donors (Lipinski definition) is 0. The smallest absolute Gasteiger partial charge is 0.256 e. The van der Waals surface area contributed by atoms with Crippen LogP contribution in [0.5, 0.6) is 0 Å². The highest BCUT2D eigenvalue weighted by Gasteiger charge is 2.20. The van der Waals surface area contributed by atoms with Crippen LogP contribution in [-0.4, -0.2) is 23.3 Å². The molecule has 1 aliphatic rings. The maximum absolute atomic E-state index is 11.7. The molecule has 4 heteroatoms. The Morgan fingerprint density at radius 2 is 1.95 bits per heavy atom. The van der Waals surface area contributed by atoms with E-state index in [0.29, 0.717) is 5.56 Å². The van der Waals surface area contributed by atoms with Gasteiger partial charge in [-0.25, -0.2) is 4.98 Å². The van der Waals surface area contributed by atoms with Gasteiger partial charge in [-0.2, -0.15) is 0 Å². The van der Waals surface area contributed by atoms with E-state index >= 15 is 0 Å². The molecular weight excluding hydrogens is 272 g/mol. The number of rotatable bonds is 2. The molecule has 0 N–H and O–H groups in total. The zero-order valence-corrected chi connectivity index (χ0v) is 12.3. The molecule has 3 nitrogen and oxygen atoms in total. The predicted octanol–water partition coefficient (Wildman–Crippen LogP) is 3.91. The number of aromatic nitrogens is 1. The first-order valence-electron chi connectivity index (χ1n) is 7.01. The second kappa shape index (κ2) is 5.41. The van der Waals surface area contributed by atoms with Crippen LogP contribution in [0.1, 0.15) is 35.2 Å². The van der Waals surface area contributed by atoms with Crippen molar-refractivity contribution < 1.29 is 4.79 Å². The van der Waals surface area contributed by atoms with Crippen LogP contribution in [0.15, 0.2) is 24.3 Å². The summed E-state index contributed by atoms with van der Waals surface area (Å²) in [5.74, 6) is 0.737. The lowest BCUT2D eigenvalue weighted by Gasteiger charge is -2.29. The van der Waals surface area contributed by atoms with Crippen molar-refractivity contribution in [2.75, 3.05) is 18.0 Å². The summed E-state index contributed by atoms with van der Waals surface area (Å²) in [6.07, 6.45) is 3.53. The normalized spacial score (nSPS) is 15.6. The lowest BCUT2D eigenvalue weighted by atomic mass is 10.1. The van der Waals surface area contributed by atoms with E-state index in [1.165, 1.54) is 6.42 Å². The van der Waals surface area contributed by atoms with Crippen LogP contribution in [-0.2, 0) is 0 Å². The molecule has 0 unspecified atom stereocenters. The lowest BCUT2D eigenvalue weighted by Crippen LogP contribution is -2.31. The number of benzene rings is 1. The van der Waals surface area contributed by atoms with Crippen molar-refractivity contribution >= 4 is 33.6 Å². The molecule has 1 aromatic heterocycles. The minimum Gasteiger partial charge on any atom is -0.356 e. The minimum absolute atomic E-state index is 0.429. The fraction of sp³-hybridized carbons (Fsp3) is 0.375. The summed E-state index contributed by atoms with van der Waals surface area (Å²) in [6, 6.07) is 7.94. The Bertz CT molecular complexity index is 663. The second-order valence-corrected chi connectivity index (χ2v) is 5.72. The van der Waals surface area contributed by atoms with Gasteiger partial charge >= 0.3 is 0 Å². The summed E-state index contributed by atoms with van der Waals surface area (Å²) in [5, 5.41) is 0.538. The molecular formula is C16H17ClN2O. The van der Waals surface area contributed by atoms with E-state index < -0.39 is 5.24 Å². The number of carbonyl (C=O) groups excluding carboxylic acids is 1. The third-order valence-corrected chi connectivity index (χ3v) is 4.02. The van der Waals surface area contributed by atoms with Crippen molar-refractivity contribution in [3.63, 3.8) is 0 Å². The van der Waals surface area contributed by atoms with Crippen LogP contribution in [0.4, 0.5) is 5.82 Å². The molecule has 0 radical (unpaired) electrons. The molecule has 1 aliphatic heterocycles. The molecule has 20 heavy (non-hydrogen) atoms. The third-order valence-electron chi connectivity index (χ3n) is 3.82. The first-order valence-corrected chi connectivity index (χ1v) is 7.39. The van der Waals surface area contributed by atoms with Gasteiger partial charge in [0.25, 0.3) is 5.24 Å². The SMILES string of the molecule is Cc1ccc2nc(N3CCCCC3)c(C(=O)Cl)cc2c1. The van der Waals surface area contributed by atoms with E-state index in [-0.39, 0.29) is 0 Å². The summed E-state index contributed by atoms with van der Waals surface area (Å²) in [7, 11) is 0. The van der Waals surface area contributed by atoms with Crippen LogP contribution in [0.25, 0.3) is 10.9 Å². The van der Waals surface area contributed by atoms with E-state index in [1.807, 2.05) is 31.2 Å². The third kappa shape index (κ3) is 2.50. The van der Waals surface area contributed by atoms with E-state index in [2.05, 4.69) is 9.88 Å². The summed E-state index contributed by atoms with van der Waals surface area (Å²) >= 11 is 5.76. The number of nitrogens with zero attached hydrogens (tertiary/aromatic N) is 2. The van der Waals surface area contributed by atoms with Gasteiger partial charge in [-0.3, -0.25) is 4.79 Å². The van der Waals surface area contributed by atoms with Crippen molar-refractivity contribution in [1.82, 2.24) is 4.98 Å². The molecule has 2 heterocycles. The fourth-order valence-corrected chi connectivity index (χ4v) is 2.92. The average molecular weight is 289 g/mol.